The topological polar surface area (TPSA) is 82.4 Å². The average molecular weight is 259 g/mol. The van der Waals surface area contributed by atoms with E-state index in [9.17, 15) is 4.79 Å². The number of amides is 1. The molecular formula is C14H17N3O2. The zero-order chi connectivity index (χ0) is 13.4. The largest absolute Gasteiger partial charge is 0.465 e. The summed E-state index contributed by atoms with van der Waals surface area (Å²) < 4.78 is 0. The van der Waals surface area contributed by atoms with E-state index in [1.54, 1.807) is 0 Å². The number of likely N-dealkylation sites (tertiary alicyclic amines) is 1. The Morgan fingerprint density at radius 3 is 2.79 bits per heavy atom. The lowest BCUT2D eigenvalue weighted by Gasteiger charge is -2.29. The third kappa shape index (κ3) is 2.12. The van der Waals surface area contributed by atoms with Crippen LogP contribution in [0.1, 0.15) is 24.3 Å². The molecule has 1 aliphatic heterocycles. The van der Waals surface area contributed by atoms with Crippen molar-refractivity contribution in [3.8, 4) is 0 Å². The van der Waals surface area contributed by atoms with Gasteiger partial charge >= 0.3 is 6.09 Å². The summed E-state index contributed by atoms with van der Waals surface area (Å²) in [5.74, 6) is 0.408. The number of nitrogens with two attached hydrogens (primary N) is 1. The van der Waals surface area contributed by atoms with Gasteiger partial charge in [0.05, 0.1) is 0 Å². The number of nitrogens with one attached hydrogen (secondary N) is 1. The van der Waals surface area contributed by atoms with Gasteiger partial charge in [0, 0.05) is 35.9 Å². The summed E-state index contributed by atoms with van der Waals surface area (Å²) in [5.41, 5.74) is 8.95. The van der Waals surface area contributed by atoms with E-state index in [4.69, 9.17) is 10.8 Å². The van der Waals surface area contributed by atoms with Crippen LogP contribution in [-0.2, 0) is 0 Å². The van der Waals surface area contributed by atoms with Gasteiger partial charge in [0.25, 0.3) is 0 Å². The molecule has 0 radical (unpaired) electrons. The fourth-order valence-electron chi connectivity index (χ4n) is 2.88. The number of benzene rings is 1. The molecule has 1 saturated heterocycles. The number of aromatic amines is 1. The van der Waals surface area contributed by atoms with Crippen molar-refractivity contribution in [3.63, 3.8) is 0 Å². The number of H-pyrrole nitrogens is 1. The van der Waals surface area contributed by atoms with Crippen LogP contribution in [0.25, 0.3) is 10.9 Å². The normalized spacial score (nSPS) is 16.9. The predicted molar refractivity (Wildman–Crippen MR) is 74.3 cm³/mol. The molecule has 2 heterocycles. The molecule has 1 fully saturated rings. The van der Waals surface area contributed by atoms with Crippen LogP contribution in [0, 0.1) is 0 Å². The van der Waals surface area contributed by atoms with Crippen LogP contribution >= 0.6 is 0 Å². The number of rotatable bonds is 1. The Hall–Kier alpha value is -2.17. The first-order valence-electron chi connectivity index (χ1n) is 6.49. The predicted octanol–water partition coefficient (Wildman–Crippen LogP) is 2.61. The molecular weight excluding hydrogens is 242 g/mol. The SMILES string of the molecule is Nc1ccc2[nH]cc(C3CCN(C(=O)O)CC3)c2c1. The van der Waals surface area contributed by atoms with Crippen LogP contribution in [0.15, 0.2) is 24.4 Å². The van der Waals surface area contributed by atoms with E-state index in [-0.39, 0.29) is 0 Å². The molecule has 1 aromatic heterocycles. The molecule has 5 heteroatoms. The van der Waals surface area contributed by atoms with Crippen molar-refractivity contribution in [2.24, 2.45) is 0 Å². The van der Waals surface area contributed by atoms with E-state index >= 15 is 0 Å². The molecule has 0 atom stereocenters. The molecule has 1 aliphatic rings. The molecule has 5 nitrogen and oxygen atoms in total. The molecule has 4 N–H and O–H groups in total. The number of hydrogen-bond acceptors (Lipinski definition) is 2. The van der Waals surface area contributed by atoms with Gasteiger partial charge in [0.2, 0.25) is 0 Å². The maximum atomic E-state index is 10.9. The van der Waals surface area contributed by atoms with Crippen LogP contribution < -0.4 is 5.73 Å². The molecule has 0 saturated carbocycles. The van der Waals surface area contributed by atoms with Crippen LogP contribution in [0.5, 0.6) is 0 Å². The highest BCUT2D eigenvalue weighted by molar-refractivity contribution is 5.86. The van der Waals surface area contributed by atoms with Gasteiger partial charge in [0.15, 0.2) is 0 Å². The summed E-state index contributed by atoms with van der Waals surface area (Å²) in [6.45, 7) is 1.21. The smallest absolute Gasteiger partial charge is 0.407 e. The zero-order valence-corrected chi connectivity index (χ0v) is 10.6. The van der Waals surface area contributed by atoms with E-state index in [0.717, 1.165) is 29.4 Å². The Morgan fingerprint density at radius 1 is 1.37 bits per heavy atom. The van der Waals surface area contributed by atoms with E-state index in [2.05, 4.69) is 4.98 Å². The molecule has 19 heavy (non-hydrogen) atoms. The van der Waals surface area contributed by atoms with Crippen molar-refractivity contribution in [1.29, 1.82) is 0 Å². The first-order chi connectivity index (χ1) is 9.15. The lowest BCUT2D eigenvalue weighted by atomic mass is 9.89. The summed E-state index contributed by atoms with van der Waals surface area (Å²) in [6.07, 6.45) is 2.95. The Kier molecular flexibility index (Phi) is 2.81. The van der Waals surface area contributed by atoms with Gasteiger partial charge in [-0.2, -0.15) is 0 Å². The number of anilines is 1. The highest BCUT2D eigenvalue weighted by atomic mass is 16.4. The molecule has 1 amide bonds. The van der Waals surface area contributed by atoms with Crippen molar-refractivity contribution in [2.75, 3.05) is 18.8 Å². The van der Waals surface area contributed by atoms with Crippen LogP contribution in [-0.4, -0.2) is 34.2 Å². The van der Waals surface area contributed by atoms with Gasteiger partial charge in [-0.25, -0.2) is 4.79 Å². The summed E-state index contributed by atoms with van der Waals surface area (Å²) in [7, 11) is 0. The molecule has 3 rings (SSSR count). The van der Waals surface area contributed by atoms with Crippen molar-refractivity contribution >= 4 is 22.7 Å². The van der Waals surface area contributed by atoms with Gasteiger partial charge in [-0.3, -0.25) is 0 Å². The number of carbonyl (C=O) groups is 1. The molecule has 0 aliphatic carbocycles. The fraction of sp³-hybridized carbons (Fsp3) is 0.357. The standard InChI is InChI=1S/C14H17N3O2/c15-10-1-2-13-11(7-10)12(8-16-13)9-3-5-17(6-4-9)14(18)19/h1-2,7-9,16H,3-6,15H2,(H,18,19). The van der Waals surface area contributed by atoms with E-state index in [1.807, 2.05) is 24.4 Å². The van der Waals surface area contributed by atoms with Gasteiger partial charge in [-0.1, -0.05) is 0 Å². The highest BCUT2D eigenvalue weighted by Crippen LogP contribution is 2.33. The minimum atomic E-state index is -0.818. The highest BCUT2D eigenvalue weighted by Gasteiger charge is 2.24. The van der Waals surface area contributed by atoms with Gasteiger partial charge in [-0.15, -0.1) is 0 Å². The monoisotopic (exact) mass is 259 g/mol. The van der Waals surface area contributed by atoms with Crippen molar-refractivity contribution in [2.45, 2.75) is 18.8 Å². The molecule has 100 valence electrons. The summed E-state index contributed by atoms with van der Waals surface area (Å²) in [5, 5.41) is 10.1. The van der Waals surface area contributed by atoms with Gasteiger partial charge in [0.1, 0.15) is 0 Å². The Morgan fingerprint density at radius 2 is 2.11 bits per heavy atom. The van der Waals surface area contributed by atoms with Crippen molar-refractivity contribution in [1.82, 2.24) is 9.88 Å². The van der Waals surface area contributed by atoms with Gasteiger partial charge in [-0.05, 0) is 42.5 Å². The maximum Gasteiger partial charge on any atom is 0.407 e. The lowest BCUT2D eigenvalue weighted by Crippen LogP contribution is -2.36. The third-order valence-corrected chi connectivity index (χ3v) is 3.94. The van der Waals surface area contributed by atoms with Crippen LogP contribution in [0.4, 0.5) is 10.5 Å². The average Bonchev–Trinajstić information content (AvgIpc) is 2.81. The minimum absolute atomic E-state index is 0.408. The second kappa shape index (κ2) is 4.50. The molecule has 2 aromatic rings. The first kappa shape index (κ1) is 11.9. The Labute approximate surface area is 111 Å². The second-order valence-electron chi connectivity index (χ2n) is 5.09. The van der Waals surface area contributed by atoms with Crippen molar-refractivity contribution in [3.05, 3.63) is 30.0 Å². The second-order valence-corrected chi connectivity index (χ2v) is 5.09. The Balaban J connectivity index is 1.85. The molecule has 0 spiro atoms. The minimum Gasteiger partial charge on any atom is -0.465 e. The van der Waals surface area contributed by atoms with Gasteiger partial charge < -0.3 is 20.7 Å². The molecule has 1 aromatic carbocycles. The van der Waals surface area contributed by atoms with Crippen LogP contribution in [0.2, 0.25) is 0 Å². The Bertz CT molecular complexity index is 612. The van der Waals surface area contributed by atoms with E-state index in [1.165, 1.54) is 10.5 Å². The maximum absolute atomic E-state index is 10.9. The summed E-state index contributed by atoms with van der Waals surface area (Å²) >= 11 is 0. The number of hydrogen-bond donors (Lipinski definition) is 3. The number of nitrogens with zero attached hydrogens (tertiary/aromatic N) is 1. The number of piperidine rings is 1. The summed E-state index contributed by atoms with van der Waals surface area (Å²) in [4.78, 5) is 15.7. The third-order valence-electron chi connectivity index (χ3n) is 3.94. The number of aromatic nitrogens is 1. The fourth-order valence-corrected chi connectivity index (χ4v) is 2.88. The van der Waals surface area contributed by atoms with Crippen molar-refractivity contribution < 1.29 is 9.90 Å². The molecule has 0 bridgehead atoms. The van der Waals surface area contributed by atoms with Crippen LogP contribution in [0.3, 0.4) is 0 Å². The summed E-state index contributed by atoms with van der Waals surface area (Å²) in [6, 6.07) is 5.86. The lowest BCUT2D eigenvalue weighted by molar-refractivity contribution is 0.132. The number of nitrogen functional groups attached to an aromatic ring is 1. The molecule has 0 unspecified atom stereocenters. The van der Waals surface area contributed by atoms with E-state index < -0.39 is 6.09 Å². The number of fused-ring (bicyclic) bond motifs is 1. The first-order valence-corrected chi connectivity index (χ1v) is 6.49. The quantitative estimate of drug-likeness (QED) is 0.688. The number of carboxylic acid groups (broad SMARTS) is 1. The van der Waals surface area contributed by atoms with E-state index in [0.29, 0.717) is 19.0 Å². The zero-order valence-electron chi connectivity index (χ0n) is 10.6.